The van der Waals surface area contributed by atoms with E-state index in [9.17, 15) is 4.79 Å². The topological polar surface area (TPSA) is 69.9 Å². The number of hydrogen-bond acceptors (Lipinski definition) is 7. The second-order valence-electron chi connectivity index (χ2n) is 4.29. The molecule has 6 nitrogen and oxygen atoms in total. The summed E-state index contributed by atoms with van der Waals surface area (Å²) in [5, 5.41) is 14.1. The number of ether oxygens (including phenoxy) is 1. The summed E-state index contributed by atoms with van der Waals surface area (Å²) in [6.07, 6.45) is 0.682. The van der Waals surface area contributed by atoms with Gasteiger partial charge in [-0.1, -0.05) is 17.8 Å². The molecule has 0 spiro atoms. The molecule has 1 saturated heterocycles. The van der Waals surface area contributed by atoms with Crippen LogP contribution >= 0.6 is 23.1 Å². The van der Waals surface area contributed by atoms with E-state index in [4.69, 9.17) is 4.74 Å². The number of aromatic nitrogens is 4. The first-order valence-electron chi connectivity index (χ1n) is 5.88. The van der Waals surface area contributed by atoms with E-state index in [1.807, 2.05) is 24.4 Å². The molecule has 19 heavy (non-hydrogen) atoms. The maximum absolute atomic E-state index is 11.6. The first-order valence-corrected chi connectivity index (χ1v) is 7.64. The molecule has 100 valence electrons. The minimum atomic E-state index is -0.205. The molecular formula is C11H12N4O2S2. The average Bonchev–Trinajstić information content (AvgIpc) is 3.06. The highest BCUT2D eigenvalue weighted by Crippen LogP contribution is 2.30. The highest BCUT2D eigenvalue weighted by atomic mass is 32.2. The molecule has 0 unspecified atom stereocenters. The Morgan fingerprint density at radius 3 is 3.21 bits per heavy atom. The first kappa shape index (κ1) is 12.6. The van der Waals surface area contributed by atoms with Crippen molar-refractivity contribution in [3.05, 3.63) is 22.4 Å². The highest BCUT2D eigenvalue weighted by Gasteiger charge is 2.34. The monoisotopic (exact) mass is 296 g/mol. The van der Waals surface area contributed by atoms with Crippen LogP contribution in [0.15, 0.2) is 22.7 Å². The normalized spacial score (nSPS) is 22.7. The molecule has 1 aliphatic heterocycles. The standard InChI is InChI=1S/C11H12N4O2S2/c1-7-5-9(10(16)17-7)19-11-12-13-14-15(11)6-8-3-2-4-18-8/h2-4,7,9H,5-6H2,1H3/t7-,9-/m1/s1. The lowest BCUT2D eigenvalue weighted by Gasteiger charge is -2.05. The zero-order valence-electron chi connectivity index (χ0n) is 10.2. The largest absolute Gasteiger partial charge is 0.462 e. The minimum absolute atomic E-state index is 0.0216. The Morgan fingerprint density at radius 2 is 2.53 bits per heavy atom. The van der Waals surface area contributed by atoms with Gasteiger partial charge in [-0.25, -0.2) is 4.68 Å². The van der Waals surface area contributed by atoms with E-state index in [0.717, 1.165) is 0 Å². The van der Waals surface area contributed by atoms with Crippen LogP contribution in [0.4, 0.5) is 0 Å². The summed E-state index contributed by atoms with van der Waals surface area (Å²) in [4.78, 5) is 12.8. The summed E-state index contributed by atoms with van der Waals surface area (Å²) >= 11 is 3.03. The summed E-state index contributed by atoms with van der Waals surface area (Å²) < 4.78 is 6.85. The van der Waals surface area contributed by atoms with Crippen LogP contribution in [0.2, 0.25) is 0 Å². The smallest absolute Gasteiger partial charge is 0.319 e. The second kappa shape index (κ2) is 5.30. The van der Waals surface area contributed by atoms with E-state index in [1.54, 1.807) is 16.0 Å². The van der Waals surface area contributed by atoms with Gasteiger partial charge in [-0.2, -0.15) is 0 Å². The third-order valence-electron chi connectivity index (χ3n) is 2.76. The number of nitrogens with zero attached hydrogens (tertiary/aromatic N) is 4. The third kappa shape index (κ3) is 2.79. The lowest BCUT2D eigenvalue weighted by Crippen LogP contribution is -2.12. The van der Waals surface area contributed by atoms with Gasteiger partial charge in [0.25, 0.3) is 0 Å². The van der Waals surface area contributed by atoms with Crippen molar-refractivity contribution in [2.75, 3.05) is 0 Å². The van der Waals surface area contributed by atoms with Gasteiger partial charge in [-0.15, -0.1) is 16.4 Å². The summed E-state index contributed by atoms with van der Waals surface area (Å²) in [6.45, 7) is 2.53. The lowest BCUT2D eigenvalue weighted by atomic mass is 10.3. The predicted molar refractivity (Wildman–Crippen MR) is 71.1 cm³/mol. The van der Waals surface area contributed by atoms with E-state index < -0.39 is 0 Å². The van der Waals surface area contributed by atoms with Crippen molar-refractivity contribution >= 4 is 29.1 Å². The van der Waals surface area contributed by atoms with Crippen LogP contribution in [0, 0.1) is 0 Å². The van der Waals surface area contributed by atoms with Crippen LogP contribution in [0.5, 0.6) is 0 Å². The van der Waals surface area contributed by atoms with Crippen molar-refractivity contribution in [2.24, 2.45) is 0 Å². The Labute approximate surface area is 118 Å². The van der Waals surface area contributed by atoms with Gasteiger partial charge in [-0.3, -0.25) is 4.79 Å². The molecule has 0 amide bonds. The van der Waals surface area contributed by atoms with Crippen molar-refractivity contribution in [3.63, 3.8) is 0 Å². The molecule has 2 aromatic rings. The van der Waals surface area contributed by atoms with E-state index in [-0.39, 0.29) is 17.3 Å². The van der Waals surface area contributed by atoms with Gasteiger partial charge in [0, 0.05) is 11.3 Å². The number of hydrogen-bond donors (Lipinski definition) is 0. The summed E-state index contributed by atoms with van der Waals surface area (Å²) in [7, 11) is 0. The number of tetrazole rings is 1. The molecule has 8 heteroatoms. The molecule has 0 aromatic carbocycles. The van der Waals surface area contributed by atoms with Gasteiger partial charge < -0.3 is 4.74 Å². The van der Waals surface area contributed by atoms with Crippen LogP contribution in [0.3, 0.4) is 0 Å². The molecule has 0 N–H and O–H groups in total. The second-order valence-corrected chi connectivity index (χ2v) is 6.49. The van der Waals surface area contributed by atoms with Gasteiger partial charge in [0.05, 0.1) is 6.54 Å². The van der Waals surface area contributed by atoms with Gasteiger partial charge >= 0.3 is 5.97 Å². The summed E-state index contributed by atoms with van der Waals surface area (Å²) in [5.74, 6) is -0.178. The SMILES string of the molecule is C[C@@H]1C[C@@H](Sc2nnnn2Cc2cccs2)C(=O)O1. The number of esters is 1. The first-order chi connectivity index (χ1) is 9.22. The van der Waals surface area contributed by atoms with Gasteiger partial charge in [0.1, 0.15) is 11.4 Å². The Bertz CT molecular complexity index is 569. The number of thioether (sulfide) groups is 1. The Kier molecular flexibility index (Phi) is 3.52. The third-order valence-corrected chi connectivity index (χ3v) is 4.79. The van der Waals surface area contributed by atoms with Crippen molar-refractivity contribution in [1.82, 2.24) is 20.2 Å². The fourth-order valence-electron chi connectivity index (χ4n) is 1.87. The quantitative estimate of drug-likeness (QED) is 0.798. The summed E-state index contributed by atoms with van der Waals surface area (Å²) in [5.41, 5.74) is 0. The molecule has 0 bridgehead atoms. The van der Waals surface area contributed by atoms with Crippen LogP contribution < -0.4 is 0 Å². The molecule has 3 heterocycles. The van der Waals surface area contributed by atoms with E-state index in [0.29, 0.717) is 18.1 Å². The van der Waals surface area contributed by atoms with E-state index in [1.165, 1.54) is 16.6 Å². The van der Waals surface area contributed by atoms with Crippen molar-refractivity contribution < 1.29 is 9.53 Å². The van der Waals surface area contributed by atoms with Gasteiger partial charge in [0.15, 0.2) is 0 Å². The molecule has 3 rings (SSSR count). The fourth-order valence-corrected chi connectivity index (χ4v) is 3.64. The van der Waals surface area contributed by atoms with Crippen LogP contribution in [-0.2, 0) is 16.1 Å². The number of thiophene rings is 1. The zero-order chi connectivity index (χ0) is 13.2. The highest BCUT2D eigenvalue weighted by molar-refractivity contribution is 8.00. The molecule has 1 aliphatic rings. The van der Waals surface area contributed by atoms with Crippen LogP contribution in [0.25, 0.3) is 0 Å². The van der Waals surface area contributed by atoms with Crippen LogP contribution in [-0.4, -0.2) is 37.5 Å². The molecule has 0 saturated carbocycles. The predicted octanol–water partition coefficient (Wildman–Crippen LogP) is 1.58. The Morgan fingerprint density at radius 1 is 1.63 bits per heavy atom. The maximum Gasteiger partial charge on any atom is 0.319 e. The Balaban J connectivity index is 1.72. The van der Waals surface area contributed by atoms with Crippen molar-refractivity contribution in [1.29, 1.82) is 0 Å². The average molecular weight is 296 g/mol. The molecule has 2 aromatic heterocycles. The molecule has 0 aliphatic carbocycles. The van der Waals surface area contributed by atoms with Gasteiger partial charge in [0.2, 0.25) is 5.16 Å². The molecule has 2 atom stereocenters. The van der Waals surface area contributed by atoms with Crippen molar-refractivity contribution in [2.45, 2.75) is 36.4 Å². The number of carbonyl (C=O) groups excluding carboxylic acids is 1. The van der Waals surface area contributed by atoms with Crippen LogP contribution in [0.1, 0.15) is 18.2 Å². The fraction of sp³-hybridized carbons (Fsp3) is 0.455. The lowest BCUT2D eigenvalue weighted by molar-refractivity contribution is -0.140. The zero-order valence-corrected chi connectivity index (χ0v) is 11.9. The van der Waals surface area contributed by atoms with Gasteiger partial charge in [-0.05, 0) is 28.8 Å². The number of carbonyl (C=O) groups is 1. The van der Waals surface area contributed by atoms with E-state index >= 15 is 0 Å². The van der Waals surface area contributed by atoms with Crippen molar-refractivity contribution in [3.8, 4) is 0 Å². The summed E-state index contributed by atoms with van der Waals surface area (Å²) in [6, 6.07) is 4.03. The van der Waals surface area contributed by atoms with E-state index in [2.05, 4.69) is 15.5 Å². The Hall–Kier alpha value is -1.41. The number of cyclic esters (lactones) is 1. The molecular weight excluding hydrogens is 284 g/mol. The molecule has 1 fully saturated rings. The molecule has 0 radical (unpaired) electrons. The maximum atomic E-state index is 11.6. The number of rotatable bonds is 4. The minimum Gasteiger partial charge on any atom is -0.462 e.